The van der Waals surface area contributed by atoms with Crippen molar-refractivity contribution in [3.8, 4) is 0 Å². The van der Waals surface area contributed by atoms with Crippen LogP contribution in [0.5, 0.6) is 0 Å². The van der Waals surface area contributed by atoms with Crippen LogP contribution in [-0.4, -0.2) is 43.9 Å². The fourth-order valence-electron chi connectivity index (χ4n) is 2.10. The Balaban J connectivity index is 2.38. The van der Waals surface area contributed by atoms with Crippen molar-refractivity contribution in [2.24, 2.45) is 4.99 Å². The van der Waals surface area contributed by atoms with Gasteiger partial charge >= 0.3 is 6.09 Å². The summed E-state index contributed by atoms with van der Waals surface area (Å²) in [6.07, 6.45) is 3.19. The Hall–Kier alpha value is -2.15. The Labute approximate surface area is 145 Å². The number of carbonyl (C=O) groups is 2. The van der Waals surface area contributed by atoms with Crippen molar-refractivity contribution in [2.75, 3.05) is 0 Å². The first kappa shape index (κ1) is 18.2. The van der Waals surface area contributed by atoms with Crippen molar-refractivity contribution in [2.45, 2.75) is 52.2 Å². The fourth-order valence-corrected chi connectivity index (χ4v) is 2.18. The van der Waals surface area contributed by atoms with Crippen LogP contribution in [0.3, 0.4) is 0 Å². The molecule has 2 rings (SSSR count). The molecule has 0 bridgehead atoms. The van der Waals surface area contributed by atoms with Crippen molar-refractivity contribution in [3.63, 3.8) is 0 Å². The molecule has 7 nitrogen and oxygen atoms in total. The maximum Gasteiger partial charge on any atom is 0.416 e. The monoisotopic (exact) mass is 352 g/mol. The zero-order valence-corrected chi connectivity index (χ0v) is 15.0. The van der Waals surface area contributed by atoms with E-state index >= 15 is 0 Å². The van der Waals surface area contributed by atoms with Crippen molar-refractivity contribution in [3.05, 3.63) is 18.3 Å². The van der Waals surface area contributed by atoms with E-state index in [4.69, 9.17) is 16.3 Å². The molecule has 0 N–H and O–H groups in total. The van der Waals surface area contributed by atoms with Gasteiger partial charge in [-0.1, -0.05) is 18.2 Å². The van der Waals surface area contributed by atoms with E-state index in [1.165, 1.54) is 15.8 Å². The summed E-state index contributed by atoms with van der Waals surface area (Å²) in [5.74, 6) is 0.508. The lowest BCUT2D eigenvalue weighted by molar-refractivity contribution is 0.0333. The van der Waals surface area contributed by atoms with Gasteiger partial charge in [-0.3, -0.25) is 9.69 Å². The molecule has 1 aliphatic rings. The van der Waals surface area contributed by atoms with E-state index in [-0.39, 0.29) is 28.4 Å². The molecule has 0 aromatic carbocycles. The summed E-state index contributed by atoms with van der Waals surface area (Å²) < 4.78 is 6.78. The van der Waals surface area contributed by atoms with Crippen LogP contribution in [0.25, 0.3) is 5.82 Å². The Morgan fingerprint density at radius 2 is 2.17 bits per heavy atom. The third-order valence-corrected chi connectivity index (χ3v) is 3.27. The van der Waals surface area contributed by atoms with E-state index in [1.807, 2.05) is 0 Å². The van der Waals surface area contributed by atoms with Gasteiger partial charge in [-0.05, 0) is 40.5 Å². The number of nitrogens with zero attached hydrogens (tertiary/aromatic N) is 4. The Kier molecular flexibility index (Phi) is 5.13. The van der Waals surface area contributed by atoms with Gasteiger partial charge < -0.3 is 4.74 Å². The summed E-state index contributed by atoms with van der Waals surface area (Å²) in [5.41, 5.74) is -0.368. The topological polar surface area (TPSA) is 76.8 Å². The highest BCUT2D eigenvalue weighted by molar-refractivity contribution is 6.65. The molecule has 24 heavy (non-hydrogen) atoms. The fraction of sp³-hybridized carbons (Fsp3) is 0.500. The molecule has 1 saturated carbocycles. The van der Waals surface area contributed by atoms with E-state index in [0.717, 1.165) is 12.8 Å². The van der Waals surface area contributed by atoms with Crippen molar-refractivity contribution < 1.29 is 14.3 Å². The van der Waals surface area contributed by atoms with Crippen LogP contribution < -0.4 is 0 Å². The molecule has 1 amide bonds. The van der Waals surface area contributed by atoms with E-state index in [1.54, 1.807) is 27.7 Å². The Morgan fingerprint density at radius 3 is 2.62 bits per heavy atom. The molecular formula is C16H21ClN4O3. The number of amides is 1. The number of aliphatic imine (C=N–C) groups is 1. The zero-order valence-electron chi connectivity index (χ0n) is 14.2. The molecular weight excluding hydrogens is 332 g/mol. The second-order valence-corrected chi connectivity index (χ2v) is 7.11. The molecule has 0 atom stereocenters. The number of hydrogen-bond acceptors (Lipinski definition) is 5. The number of halogens is 1. The van der Waals surface area contributed by atoms with Crippen LogP contribution in [0.1, 0.15) is 50.9 Å². The van der Waals surface area contributed by atoms with E-state index < -0.39 is 11.7 Å². The number of carbonyl (C=O) groups excluding carboxylic acids is 2. The van der Waals surface area contributed by atoms with Gasteiger partial charge in [-0.2, -0.15) is 9.78 Å². The predicted octanol–water partition coefficient (Wildman–Crippen LogP) is 3.81. The number of hydrogen-bond donors (Lipinski definition) is 0. The highest BCUT2D eigenvalue weighted by atomic mass is 35.5. The number of rotatable bonds is 5. The minimum absolute atomic E-state index is 0.00478. The molecule has 1 fully saturated rings. The average molecular weight is 353 g/mol. The molecule has 0 radical (unpaired) electrons. The largest absolute Gasteiger partial charge is 0.443 e. The van der Waals surface area contributed by atoms with Gasteiger partial charge in [0.15, 0.2) is 12.1 Å². The molecule has 0 spiro atoms. The molecule has 0 saturated heterocycles. The summed E-state index contributed by atoms with van der Waals surface area (Å²) in [4.78, 5) is 29.3. The van der Waals surface area contributed by atoms with Gasteiger partial charge in [0.05, 0.1) is 11.8 Å². The molecule has 1 aromatic rings. The second-order valence-electron chi connectivity index (χ2n) is 6.56. The smallest absolute Gasteiger partial charge is 0.416 e. The highest BCUT2D eigenvalue weighted by Gasteiger charge is 2.38. The summed E-state index contributed by atoms with van der Waals surface area (Å²) in [6, 6.07) is 0.00478. The van der Waals surface area contributed by atoms with Crippen LogP contribution in [0.15, 0.2) is 17.8 Å². The van der Waals surface area contributed by atoms with Crippen LogP contribution in [-0.2, 0) is 4.74 Å². The molecule has 1 aromatic heterocycles. The predicted molar refractivity (Wildman–Crippen MR) is 92.7 cm³/mol. The number of aldehydes is 1. The third-order valence-electron chi connectivity index (χ3n) is 3.18. The average Bonchev–Trinajstić information content (AvgIpc) is 3.17. The lowest BCUT2D eigenvalue weighted by Gasteiger charge is -2.28. The lowest BCUT2D eigenvalue weighted by atomic mass is 10.2. The SMILES string of the molecule is C=C(N(C(=O)OC(C)(C)C)C1CC1)n1ncc(C=O)c1/N=C(\C)Cl. The number of aromatic nitrogens is 2. The van der Waals surface area contributed by atoms with E-state index in [2.05, 4.69) is 16.7 Å². The minimum Gasteiger partial charge on any atom is -0.443 e. The summed E-state index contributed by atoms with van der Waals surface area (Å²) in [6.45, 7) is 10.9. The molecule has 1 aliphatic carbocycles. The van der Waals surface area contributed by atoms with Crippen molar-refractivity contribution in [1.29, 1.82) is 0 Å². The van der Waals surface area contributed by atoms with Crippen LogP contribution in [0, 0.1) is 0 Å². The van der Waals surface area contributed by atoms with Gasteiger partial charge in [0, 0.05) is 6.04 Å². The third kappa shape index (κ3) is 4.23. The zero-order chi connectivity index (χ0) is 18.1. The van der Waals surface area contributed by atoms with Crippen molar-refractivity contribution in [1.82, 2.24) is 14.7 Å². The van der Waals surface area contributed by atoms with Gasteiger partial charge in [0.2, 0.25) is 0 Å². The van der Waals surface area contributed by atoms with Crippen molar-refractivity contribution >= 4 is 40.8 Å². The first-order valence-corrected chi connectivity index (χ1v) is 7.97. The molecule has 8 heteroatoms. The first-order chi connectivity index (χ1) is 11.1. The van der Waals surface area contributed by atoms with Gasteiger partial charge in [0.1, 0.15) is 16.6 Å². The summed E-state index contributed by atoms with van der Waals surface area (Å²) in [7, 11) is 0. The van der Waals surface area contributed by atoms with Crippen LogP contribution in [0.2, 0.25) is 0 Å². The number of ether oxygens (including phenoxy) is 1. The highest BCUT2D eigenvalue weighted by Crippen LogP contribution is 2.34. The minimum atomic E-state index is -0.629. The second kappa shape index (κ2) is 6.76. The first-order valence-electron chi connectivity index (χ1n) is 7.59. The van der Waals surface area contributed by atoms with E-state index in [9.17, 15) is 9.59 Å². The van der Waals surface area contributed by atoms with Gasteiger partial charge in [-0.25, -0.2) is 9.79 Å². The molecule has 1 heterocycles. The van der Waals surface area contributed by atoms with E-state index in [0.29, 0.717) is 6.29 Å². The normalized spacial score (nSPS) is 15.1. The quantitative estimate of drug-likeness (QED) is 0.596. The lowest BCUT2D eigenvalue weighted by Crippen LogP contribution is -2.38. The van der Waals surface area contributed by atoms with Crippen LogP contribution >= 0.6 is 11.6 Å². The molecule has 0 aliphatic heterocycles. The van der Waals surface area contributed by atoms with Gasteiger partial charge in [0.25, 0.3) is 0 Å². The molecule has 0 unspecified atom stereocenters. The summed E-state index contributed by atoms with van der Waals surface area (Å²) in [5, 5.41) is 4.36. The Morgan fingerprint density at radius 1 is 1.54 bits per heavy atom. The molecule has 130 valence electrons. The van der Waals surface area contributed by atoms with Gasteiger partial charge in [-0.15, -0.1) is 0 Å². The Bertz CT molecular complexity index is 695. The standard InChI is InChI=1S/C16H21ClN4O3/c1-10(17)19-14-12(9-22)8-18-21(14)11(2)20(13-6-7-13)15(23)24-16(3,4)5/h8-9,13H,2,6-7H2,1,3-5H3/b19-10+. The van der Waals surface area contributed by atoms with Crippen LogP contribution in [0.4, 0.5) is 10.6 Å². The summed E-state index contributed by atoms with van der Waals surface area (Å²) >= 11 is 5.84. The maximum atomic E-state index is 12.5. The maximum absolute atomic E-state index is 12.5.